The first-order chi connectivity index (χ1) is 10.3. The molecule has 1 saturated heterocycles. The molecular weight excluding hydrogens is 260 g/mol. The fourth-order valence-electron chi connectivity index (χ4n) is 4.02. The Labute approximate surface area is 130 Å². The number of ether oxygens (including phenoxy) is 1. The van der Waals surface area contributed by atoms with Crippen LogP contribution in [0.2, 0.25) is 0 Å². The van der Waals surface area contributed by atoms with Crippen LogP contribution >= 0.6 is 0 Å². The fourth-order valence-corrected chi connectivity index (χ4v) is 4.02. The van der Waals surface area contributed by atoms with E-state index in [0.717, 1.165) is 31.1 Å². The zero-order chi connectivity index (χ0) is 14.5. The minimum absolute atomic E-state index is 0.688. The molecular formula is C18H34N2O. The maximum Gasteiger partial charge on any atom is 0.0494 e. The third-order valence-electron chi connectivity index (χ3n) is 5.73. The van der Waals surface area contributed by atoms with Gasteiger partial charge in [-0.15, -0.1) is 0 Å². The van der Waals surface area contributed by atoms with E-state index in [1.165, 1.54) is 71.0 Å². The molecule has 0 spiro atoms. The van der Waals surface area contributed by atoms with Crippen LogP contribution in [0, 0.1) is 11.8 Å². The molecule has 122 valence electrons. The van der Waals surface area contributed by atoms with Gasteiger partial charge in [-0.1, -0.05) is 19.3 Å². The molecule has 0 radical (unpaired) electrons. The summed E-state index contributed by atoms with van der Waals surface area (Å²) in [7, 11) is 0. The van der Waals surface area contributed by atoms with Crippen LogP contribution in [0.15, 0.2) is 0 Å². The highest BCUT2D eigenvalue weighted by Gasteiger charge is 2.30. The van der Waals surface area contributed by atoms with Gasteiger partial charge in [0.2, 0.25) is 0 Å². The van der Waals surface area contributed by atoms with E-state index in [9.17, 15) is 0 Å². The minimum Gasteiger partial charge on any atom is -0.381 e. The molecule has 2 saturated carbocycles. The van der Waals surface area contributed by atoms with Gasteiger partial charge in [-0.05, 0) is 50.9 Å². The van der Waals surface area contributed by atoms with E-state index in [1.54, 1.807) is 0 Å². The summed E-state index contributed by atoms with van der Waals surface area (Å²) in [6.07, 6.45) is 11.3. The first kappa shape index (κ1) is 15.8. The molecule has 0 aromatic carbocycles. The monoisotopic (exact) mass is 294 g/mol. The second kappa shape index (κ2) is 7.94. The van der Waals surface area contributed by atoms with Gasteiger partial charge < -0.3 is 10.1 Å². The summed E-state index contributed by atoms with van der Waals surface area (Å²) >= 11 is 0. The highest BCUT2D eigenvalue weighted by molar-refractivity contribution is 4.89. The van der Waals surface area contributed by atoms with Gasteiger partial charge in [0.25, 0.3) is 0 Å². The van der Waals surface area contributed by atoms with Crippen molar-refractivity contribution in [2.75, 3.05) is 32.8 Å². The normalized spacial score (nSPS) is 32.4. The van der Waals surface area contributed by atoms with Crippen LogP contribution in [-0.2, 0) is 4.74 Å². The van der Waals surface area contributed by atoms with Gasteiger partial charge in [-0.2, -0.15) is 0 Å². The predicted octanol–water partition coefficient (Wildman–Crippen LogP) is 3.05. The second-order valence-electron chi connectivity index (χ2n) is 7.63. The van der Waals surface area contributed by atoms with Gasteiger partial charge in [0, 0.05) is 44.9 Å². The standard InChI is InChI=1S/C18H34N2O/c1-15-12-19-18(17-6-3-2-4-7-17)13-20(15)10-5-11-21-14-16-8-9-16/h15-19H,2-14H2,1H3. The van der Waals surface area contributed by atoms with Crippen LogP contribution in [0.3, 0.4) is 0 Å². The fraction of sp³-hybridized carbons (Fsp3) is 1.00. The summed E-state index contributed by atoms with van der Waals surface area (Å²) in [5.74, 6) is 1.83. The molecule has 3 nitrogen and oxygen atoms in total. The Morgan fingerprint density at radius 1 is 1.10 bits per heavy atom. The van der Waals surface area contributed by atoms with E-state index < -0.39 is 0 Å². The van der Waals surface area contributed by atoms with Crippen molar-refractivity contribution in [2.45, 2.75) is 70.4 Å². The van der Waals surface area contributed by atoms with Crippen LogP contribution in [-0.4, -0.2) is 49.8 Å². The van der Waals surface area contributed by atoms with Crippen molar-refractivity contribution in [1.82, 2.24) is 10.2 Å². The summed E-state index contributed by atoms with van der Waals surface area (Å²) in [5.41, 5.74) is 0. The van der Waals surface area contributed by atoms with Crippen molar-refractivity contribution in [3.8, 4) is 0 Å². The largest absolute Gasteiger partial charge is 0.381 e. The average Bonchev–Trinajstić information content (AvgIpc) is 3.34. The van der Waals surface area contributed by atoms with Crippen LogP contribution in [0.5, 0.6) is 0 Å². The Bertz CT molecular complexity index is 300. The van der Waals surface area contributed by atoms with Crippen molar-refractivity contribution in [3.05, 3.63) is 0 Å². The third-order valence-corrected chi connectivity index (χ3v) is 5.73. The van der Waals surface area contributed by atoms with Crippen molar-refractivity contribution in [1.29, 1.82) is 0 Å². The lowest BCUT2D eigenvalue weighted by atomic mass is 9.82. The number of rotatable bonds is 7. The van der Waals surface area contributed by atoms with Gasteiger partial charge in [0.15, 0.2) is 0 Å². The van der Waals surface area contributed by atoms with Crippen molar-refractivity contribution >= 4 is 0 Å². The number of nitrogens with zero attached hydrogens (tertiary/aromatic N) is 1. The molecule has 2 aliphatic carbocycles. The van der Waals surface area contributed by atoms with Gasteiger partial charge in [0.05, 0.1) is 0 Å². The number of nitrogens with one attached hydrogen (secondary N) is 1. The van der Waals surface area contributed by atoms with Crippen molar-refractivity contribution in [3.63, 3.8) is 0 Å². The number of piperazine rings is 1. The smallest absolute Gasteiger partial charge is 0.0494 e. The first-order valence-electron chi connectivity index (χ1n) is 9.38. The molecule has 21 heavy (non-hydrogen) atoms. The van der Waals surface area contributed by atoms with Gasteiger partial charge in [0.1, 0.15) is 0 Å². The maximum atomic E-state index is 5.78. The lowest BCUT2D eigenvalue weighted by Gasteiger charge is -2.43. The van der Waals surface area contributed by atoms with Crippen LogP contribution in [0.25, 0.3) is 0 Å². The van der Waals surface area contributed by atoms with E-state index in [1.807, 2.05) is 0 Å². The lowest BCUT2D eigenvalue weighted by Crippen LogP contribution is -2.58. The van der Waals surface area contributed by atoms with Gasteiger partial charge in [-0.3, -0.25) is 4.90 Å². The molecule has 0 aromatic heterocycles. The number of hydrogen-bond donors (Lipinski definition) is 1. The Morgan fingerprint density at radius 2 is 1.90 bits per heavy atom. The molecule has 3 aliphatic rings. The highest BCUT2D eigenvalue weighted by Crippen LogP contribution is 2.29. The van der Waals surface area contributed by atoms with E-state index in [2.05, 4.69) is 17.1 Å². The predicted molar refractivity (Wildman–Crippen MR) is 87.6 cm³/mol. The third kappa shape index (κ3) is 4.94. The average molecular weight is 294 g/mol. The molecule has 0 aromatic rings. The molecule has 3 rings (SSSR count). The molecule has 1 N–H and O–H groups in total. The van der Waals surface area contributed by atoms with Crippen molar-refractivity contribution in [2.24, 2.45) is 11.8 Å². The van der Waals surface area contributed by atoms with Crippen LogP contribution in [0.1, 0.15) is 58.3 Å². The van der Waals surface area contributed by atoms with E-state index in [4.69, 9.17) is 4.74 Å². The molecule has 3 fully saturated rings. The van der Waals surface area contributed by atoms with Gasteiger partial charge in [-0.25, -0.2) is 0 Å². The SMILES string of the molecule is CC1CNC(C2CCCCC2)CN1CCCOCC1CC1. The summed E-state index contributed by atoms with van der Waals surface area (Å²) in [4.78, 5) is 2.70. The zero-order valence-electron chi connectivity index (χ0n) is 13.9. The quantitative estimate of drug-likeness (QED) is 0.730. The Kier molecular flexibility index (Phi) is 5.96. The number of hydrogen-bond acceptors (Lipinski definition) is 3. The lowest BCUT2D eigenvalue weighted by molar-refractivity contribution is 0.0783. The van der Waals surface area contributed by atoms with Gasteiger partial charge >= 0.3 is 0 Å². The minimum atomic E-state index is 0.688. The summed E-state index contributed by atoms with van der Waals surface area (Å²) < 4.78 is 5.78. The summed E-state index contributed by atoms with van der Waals surface area (Å²) in [6.45, 7) is 7.99. The molecule has 1 heterocycles. The Morgan fingerprint density at radius 3 is 2.67 bits per heavy atom. The van der Waals surface area contributed by atoms with Crippen LogP contribution < -0.4 is 5.32 Å². The molecule has 0 bridgehead atoms. The highest BCUT2D eigenvalue weighted by atomic mass is 16.5. The van der Waals surface area contributed by atoms with Crippen LogP contribution in [0.4, 0.5) is 0 Å². The molecule has 1 aliphatic heterocycles. The zero-order valence-corrected chi connectivity index (χ0v) is 13.9. The van der Waals surface area contributed by atoms with E-state index >= 15 is 0 Å². The summed E-state index contributed by atoms with van der Waals surface area (Å²) in [5, 5.41) is 3.82. The molecule has 3 heteroatoms. The van der Waals surface area contributed by atoms with E-state index in [0.29, 0.717) is 6.04 Å². The molecule has 2 atom stereocenters. The summed E-state index contributed by atoms with van der Waals surface area (Å²) in [6, 6.07) is 1.43. The van der Waals surface area contributed by atoms with E-state index in [-0.39, 0.29) is 0 Å². The Balaban J connectivity index is 1.35. The Hall–Kier alpha value is -0.120. The first-order valence-corrected chi connectivity index (χ1v) is 9.38. The second-order valence-corrected chi connectivity index (χ2v) is 7.63. The van der Waals surface area contributed by atoms with Crippen molar-refractivity contribution < 1.29 is 4.74 Å². The topological polar surface area (TPSA) is 24.5 Å². The maximum absolute atomic E-state index is 5.78. The molecule has 2 unspecified atom stereocenters. The molecule has 0 amide bonds.